The Kier molecular flexibility index (Phi) is 3.62. The fourth-order valence-corrected chi connectivity index (χ4v) is 3.24. The van der Waals surface area contributed by atoms with Gasteiger partial charge in [-0.05, 0) is 12.8 Å². The summed E-state index contributed by atoms with van der Waals surface area (Å²) in [5.74, 6) is -0.258. The van der Waals surface area contributed by atoms with Gasteiger partial charge in [-0.25, -0.2) is 13.4 Å². The lowest BCUT2D eigenvalue weighted by molar-refractivity contribution is 0.0936. The molecular weight excluding hydrogens is 258 g/mol. The van der Waals surface area contributed by atoms with Crippen molar-refractivity contribution in [3.63, 3.8) is 0 Å². The Balaban J connectivity index is 1.92. The van der Waals surface area contributed by atoms with Gasteiger partial charge in [-0.1, -0.05) is 0 Å². The van der Waals surface area contributed by atoms with E-state index in [0.717, 1.165) is 12.8 Å². The van der Waals surface area contributed by atoms with Gasteiger partial charge in [-0.3, -0.25) is 9.89 Å². The van der Waals surface area contributed by atoms with E-state index in [-0.39, 0.29) is 24.3 Å². The zero-order valence-electron chi connectivity index (χ0n) is 9.96. The maximum absolute atomic E-state index is 11.6. The maximum atomic E-state index is 11.6. The molecule has 2 N–H and O–H groups in total. The Morgan fingerprint density at radius 3 is 3.06 bits per heavy atom. The second-order valence-electron chi connectivity index (χ2n) is 4.21. The highest BCUT2D eigenvalue weighted by atomic mass is 32.2. The quantitative estimate of drug-likeness (QED) is 0.728. The molecule has 0 saturated carbocycles. The first kappa shape index (κ1) is 13.0. The van der Waals surface area contributed by atoms with Gasteiger partial charge >= 0.3 is 0 Å². The summed E-state index contributed by atoms with van der Waals surface area (Å²) in [6.07, 6.45) is 4.00. The van der Waals surface area contributed by atoms with Crippen molar-refractivity contribution in [1.82, 2.24) is 24.8 Å². The predicted molar refractivity (Wildman–Crippen MR) is 63.3 cm³/mol. The molecule has 2 heterocycles. The van der Waals surface area contributed by atoms with Crippen molar-refractivity contribution in [2.45, 2.75) is 18.9 Å². The van der Waals surface area contributed by atoms with Crippen LogP contribution in [0.4, 0.5) is 0 Å². The molecule has 2 rings (SSSR count). The van der Waals surface area contributed by atoms with Crippen molar-refractivity contribution in [3.05, 3.63) is 12.2 Å². The minimum Gasteiger partial charge on any atom is -0.348 e. The van der Waals surface area contributed by atoms with E-state index in [0.29, 0.717) is 6.54 Å². The molecule has 8 nitrogen and oxygen atoms in total. The fraction of sp³-hybridized carbons (Fsp3) is 0.667. The Labute approximate surface area is 105 Å². The molecular formula is C9H15N5O3S. The van der Waals surface area contributed by atoms with Crippen molar-refractivity contribution in [3.8, 4) is 0 Å². The van der Waals surface area contributed by atoms with Gasteiger partial charge in [0.25, 0.3) is 5.91 Å². The molecule has 1 fully saturated rings. The monoisotopic (exact) mass is 273 g/mol. The summed E-state index contributed by atoms with van der Waals surface area (Å²) in [5, 5.41) is 8.67. The van der Waals surface area contributed by atoms with Crippen molar-refractivity contribution < 1.29 is 13.2 Å². The van der Waals surface area contributed by atoms with Crippen LogP contribution in [0.15, 0.2) is 6.33 Å². The summed E-state index contributed by atoms with van der Waals surface area (Å²) in [6, 6.07) is -0.174. The van der Waals surface area contributed by atoms with Crippen molar-refractivity contribution in [2.75, 3.05) is 19.3 Å². The van der Waals surface area contributed by atoms with Crippen LogP contribution in [0.3, 0.4) is 0 Å². The van der Waals surface area contributed by atoms with Gasteiger partial charge in [-0.15, -0.1) is 0 Å². The van der Waals surface area contributed by atoms with Crippen LogP contribution in [0.1, 0.15) is 23.5 Å². The Morgan fingerprint density at radius 1 is 1.67 bits per heavy atom. The number of carbonyl (C=O) groups excluding carboxylic acids is 1. The third-order valence-corrected chi connectivity index (χ3v) is 4.21. The molecule has 1 aromatic rings. The highest BCUT2D eigenvalue weighted by Gasteiger charge is 2.31. The zero-order valence-corrected chi connectivity index (χ0v) is 10.8. The lowest BCUT2D eigenvalue weighted by Crippen LogP contribution is -2.42. The molecule has 1 aliphatic heterocycles. The van der Waals surface area contributed by atoms with Crippen LogP contribution >= 0.6 is 0 Å². The van der Waals surface area contributed by atoms with E-state index in [9.17, 15) is 13.2 Å². The molecule has 100 valence electrons. The van der Waals surface area contributed by atoms with E-state index < -0.39 is 10.0 Å². The third kappa shape index (κ3) is 2.85. The summed E-state index contributed by atoms with van der Waals surface area (Å²) in [5.41, 5.74) is 0. The summed E-state index contributed by atoms with van der Waals surface area (Å²) in [7, 11) is -3.21. The molecule has 1 atom stereocenters. The van der Waals surface area contributed by atoms with Gasteiger partial charge in [-0.2, -0.15) is 9.40 Å². The highest BCUT2D eigenvalue weighted by molar-refractivity contribution is 7.88. The number of aromatic nitrogens is 3. The molecule has 1 aliphatic rings. The molecule has 0 aromatic carbocycles. The number of hydrogen-bond donors (Lipinski definition) is 2. The predicted octanol–water partition coefficient (Wildman–Crippen LogP) is -1.04. The largest absolute Gasteiger partial charge is 0.348 e. The first-order chi connectivity index (χ1) is 8.48. The topological polar surface area (TPSA) is 108 Å². The SMILES string of the molecule is CS(=O)(=O)N1CCC[C@@H]1CNC(=O)c1ncn[nH]1. The molecule has 0 unspecified atom stereocenters. The molecule has 0 spiro atoms. The lowest BCUT2D eigenvalue weighted by Gasteiger charge is -2.21. The summed E-state index contributed by atoms with van der Waals surface area (Å²) in [6.45, 7) is 0.800. The van der Waals surface area contributed by atoms with E-state index in [1.165, 1.54) is 16.9 Å². The normalized spacial score (nSPS) is 21.1. The van der Waals surface area contributed by atoms with Gasteiger partial charge in [0.1, 0.15) is 6.33 Å². The number of sulfonamides is 1. The standard InChI is InChI=1S/C9H15N5O3S/c1-18(16,17)14-4-2-3-7(14)5-10-9(15)8-11-6-12-13-8/h6-7H,2-5H2,1H3,(H,10,15)(H,11,12,13)/t7-/m1/s1. The number of aromatic amines is 1. The first-order valence-corrected chi connectivity index (χ1v) is 7.43. The van der Waals surface area contributed by atoms with Gasteiger partial charge < -0.3 is 5.32 Å². The van der Waals surface area contributed by atoms with Crippen LogP contribution in [0, 0.1) is 0 Å². The van der Waals surface area contributed by atoms with E-state index in [1.54, 1.807) is 0 Å². The molecule has 18 heavy (non-hydrogen) atoms. The van der Waals surface area contributed by atoms with Gasteiger partial charge in [0.05, 0.1) is 6.26 Å². The van der Waals surface area contributed by atoms with Gasteiger partial charge in [0.15, 0.2) is 0 Å². The summed E-state index contributed by atoms with van der Waals surface area (Å²) < 4.78 is 24.4. The van der Waals surface area contributed by atoms with Crippen LogP contribution in [0.5, 0.6) is 0 Å². The highest BCUT2D eigenvalue weighted by Crippen LogP contribution is 2.19. The lowest BCUT2D eigenvalue weighted by atomic mass is 10.2. The van der Waals surface area contributed by atoms with Crippen LogP contribution in [0.2, 0.25) is 0 Å². The van der Waals surface area contributed by atoms with Crippen LogP contribution in [0.25, 0.3) is 0 Å². The Morgan fingerprint density at radius 2 is 2.44 bits per heavy atom. The number of nitrogens with one attached hydrogen (secondary N) is 2. The van der Waals surface area contributed by atoms with Gasteiger partial charge in [0, 0.05) is 19.1 Å². The minimum atomic E-state index is -3.21. The van der Waals surface area contributed by atoms with E-state index in [2.05, 4.69) is 20.5 Å². The fourth-order valence-electron chi connectivity index (χ4n) is 2.06. The maximum Gasteiger partial charge on any atom is 0.288 e. The average molecular weight is 273 g/mol. The van der Waals surface area contributed by atoms with Crippen molar-refractivity contribution >= 4 is 15.9 Å². The Hall–Kier alpha value is -1.48. The number of amides is 1. The smallest absolute Gasteiger partial charge is 0.288 e. The van der Waals surface area contributed by atoms with E-state index >= 15 is 0 Å². The van der Waals surface area contributed by atoms with Crippen molar-refractivity contribution in [2.24, 2.45) is 0 Å². The molecule has 1 aromatic heterocycles. The molecule has 9 heteroatoms. The van der Waals surface area contributed by atoms with E-state index in [4.69, 9.17) is 0 Å². The zero-order chi connectivity index (χ0) is 13.2. The number of H-pyrrole nitrogens is 1. The van der Waals surface area contributed by atoms with Gasteiger partial charge in [0.2, 0.25) is 15.8 Å². The summed E-state index contributed by atoms with van der Waals surface area (Å²) in [4.78, 5) is 15.3. The Bertz CT molecular complexity index is 512. The molecule has 0 radical (unpaired) electrons. The number of nitrogens with zero attached hydrogens (tertiary/aromatic N) is 3. The van der Waals surface area contributed by atoms with Crippen LogP contribution in [-0.2, 0) is 10.0 Å². The first-order valence-electron chi connectivity index (χ1n) is 5.59. The van der Waals surface area contributed by atoms with Crippen LogP contribution < -0.4 is 5.32 Å². The van der Waals surface area contributed by atoms with E-state index in [1.807, 2.05) is 0 Å². The molecule has 0 bridgehead atoms. The second kappa shape index (κ2) is 5.02. The third-order valence-electron chi connectivity index (χ3n) is 2.88. The number of carbonyl (C=O) groups is 1. The number of rotatable bonds is 4. The number of hydrogen-bond acceptors (Lipinski definition) is 5. The molecule has 0 aliphatic carbocycles. The van der Waals surface area contributed by atoms with Crippen molar-refractivity contribution in [1.29, 1.82) is 0 Å². The molecule has 1 saturated heterocycles. The minimum absolute atomic E-state index is 0.124. The second-order valence-corrected chi connectivity index (χ2v) is 6.15. The summed E-state index contributed by atoms with van der Waals surface area (Å²) >= 11 is 0. The average Bonchev–Trinajstić information content (AvgIpc) is 2.95. The van der Waals surface area contributed by atoms with Crippen LogP contribution in [-0.4, -0.2) is 59.2 Å². The molecule has 1 amide bonds.